The van der Waals surface area contributed by atoms with Gasteiger partial charge < -0.3 is 10.1 Å². The largest absolute Gasteiger partial charge is 0.374 e. The Morgan fingerprint density at radius 3 is 2.41 bits per heavy atom. The number of rotatable bonds is 7. The topological polar surface area (TPSA) is 21.3 Å². The molecule has 0 radical (unpaired) electrons. The highest BCUT2D eigenvalue weighted by molar-refractivity contribution is 5.20. The molecule has 0 unspecified atom stereocenters. The maximum Gasteiger partial charge on any atom is 0.0624 e. The normalized spacial score (nSPS) is 11.8. The standard InChI is InChI=1S/C15H25NO/c1-5-15(3,4)17-11-10-16-12-14-8-6-13(2)7-9-14/h6-9,16H,5,10-12H2,1-4H3. The van der Waals surface area contributed by atoms with Crippen molar-refractivity contribution in [3.63, 3.8) is 0 Å². The third-order valence-corrected chi connectivity index (χ3v) is 3.07. The Bertz CT molecular complexity index is 316. The van der Waals surface area contributed by atoms with Crippen molar-refractivity contribution in [1.29, 1.82) is 0 Å². The molecule has 0 heterocycles. The molecule has 0 saturated heterocycles. The summed E-state index contributed by atoms with van der Waals surface area (Å²) in [7, 11) is 0. The molecule has 1 rings (SSSR count). The summed E-state index contributed by atoms with van der Waals surface area (Å²) in [6.07, 6.45) is 1.05. The van der Waals surface area contributed by atoms with Gasteiger partial charge in [-0.3, -0.25) is 0 Å². The lowest BCUT2D eigenvalue weighted by Crippen LogP contribution is -2.28. The molecule has 0 aliphatic carbocycles. The van der Waals surface area contributed by atoms with E-state index in [0.717, 1.165) is 26.1 Å². The lowest BCUT2D eigenvalue weighted by atomic mass is 10.1. The second kappa shape index (κ2) is 6.77. The Balaban J connectivity index is 2.14. The minimum absolute atomic E-state index is 0.00550. The van der Waals surface area contributed by atoms with Gasteiger partial charge in [-0.05, 0) is 32.8 Å². The van der Waals surface area contributed by atoms with E-state index >= 15 is 0 Å². The van der Waals surface area contributed by atoms with Crippen LogP contribution in [0.5, 0.6) is 0 Å². The van der Waals surface area contributed by atoms with Crippen LogP contribution in [0.25, 0.3) is 0 Å². The summed E-state index contributed by atoms with van der Waals surface area (Å²) in [6, 6.07) is 8.62. The number of hydrogen-bond acceptors (Lipinski definition) is 2. The fourth-order valence-electron chi connectivity index (χ4n) is 1.44. The van der Waals surface area contributed by atoms with Crippen LogP contribution in [0.1, 0.15) is 38.3 Å². The molecular weight excluding hydrogens is 210 g/mol. The van der Waals surface area contributed by atoms with Crippen LogP contribution in [-0.2, 0) is 11.3 Å². The van der Waals surface area contributed by atoms with Crippen molar-refractivity contribution >= 4 is 0 Å². The summed E-state index contributed by atoms with van der Waals surface area (Å²) in [4.78, 5) is 0. The first-order valence-corrected chi connectivity index (χ1v) is 6.44. The molecule has 1 N–H and O–H groups in total. The zero-order valence-corrected chi connectivity index (χ0v) is 11.5. The van der Waals surface area contributed by atoms with Gasteiger partial charge >= 0.3 is 0 Å². The smallest absolute Gasteiger partial charge is 0.0624 e. The van der Waals surface area contributed by atoms with Gasteiger partial charge in [-0.1, -0.05) is 36.8 Å². The molecule has 1 aromatic rings. The molecule has 2 heteroatoms. The molecule has 1 aromatic carbocycles. The summed E-state index contributed by atoms with van der Waals surface area (Å²) in [5.41, 5.74) is 2.64. The van der Waals surface area contributed by atoms with E-state index in [2.05, 4.69) is 57.3 Å². The van der Waals surface area contributed by atoms with E-state index in [1.54, 1.807) is 0 Å². The lowest BCUT2D eigenvalue weighted by Gasteiger charge is -2.23. The summed E-state index contributed by atoms with van der Waals surface area (Å²) < 4.78 is 5.77. The van der Waals surface area contributed by atoms with Crippen molar-refractivity contribution < 1.29 is 4.74 Å². The number of hydrogen-bond donors (Lipinski definition) is 1. The molecule has 0 amide bonds. The van der Waals surface area contributed by atoms with E-state index in [9.17, 15) is 0 Å². The van der Waals surface area contributed by atoms with E-state index in [1.165, 1.54) is 11.1 Å². The fourth-order valence-corrected chi connectivity index (χ4v) is 1.44. The second-order valence-electron chi connectivity index (χ2n) is 5.12. The van der Waals surface area contributed by atoms with Gasteiger partial charge in [0.1, 0.15) is 0 Å². The molecule has 0 bridgehead atoms. The van der Waals surface area contributed by atoms with Crippen molar-refractivity contribution in [3.05, 3.63) is 35.4 Å². The Hall–Kier alpha value is -0.860. The third kappa shape index (κ3) is 5.85. The molecule has 2 nitrogen and oxygen atoms in total. The zero-order valence-electron chi connectivity index (χ0n) is 11.5. The van der Waals surface area contributed by atoms with Crippen molar-refractivity contribution in [1.82, 2.24) is 5.32 Å². The molecule has 0 atom stereocenters. The van der Waals surface area contributed by atoms with Gasteiger partial charge in [0, 0.05) is 13.1 Å². The molecular formula is C15H25NO. The Labute approximate surface area is 105 Å². The van der Waals surface area contributed by atoms with E-state index in [1.807, 2.05) is 0 Å². The number of ether oxygens (including phenoxy) is 1. The quantitative estimate of drug-likeness (QED) is 0.732. The first-order chi connectivity index (χ1) is 8.03. The predicted molar refractivity (Wildman–Crippen MR) is 73.2 cm³/mol. The lowest BCUT2D eigenvalue weighted by molar-refractivity contribution is -0.0181. The summed E-state index contributed by atoms with van der Waals surface area (Å²) in [6.45, 7) is 11.1. The molecule has 0 aliphatic heterocycles. The highest BCUT2D eigenvalue weighted by atomic mass is 16.5. The second-order valence-corrected chi connectivity index (χ2v) is 5.12. The molecule has 0 spiro atoms. The number of benzene rings is 1. The van der Waals surface area contributed by atoms with Crippen LogP contribution in [0.15, 0.2) is 24.3 Å². The monoisotopic (exact) mass is 235 g/mol. The highest BCUT2D eigenvalue weighted by Crippen LogP contribution is 2.12. The third-order valence-electron chi connectivity index (χ3n) is 3.07. The van der Waals surface area contributed by atoms with Crippen molar-refractivity contribution in [3.8, 4) is 0 Å². The molecule has 0 fully saturated rings. The Morgan fingerprint density at radius 2 is 1.82 bits per heavy atom. The summed E-state index contributed by atoms with van der Waals surface area (Å²) in [5, 5.41) is 3.39. The first kappa shape index (κ1) is 14.2. The van der Waals surface area contributed by atoms with E-state index in [-0.39, 0.29) is 5.60 Å². The average Bonchev–Trinajstić information content (AvgIpc) is 2.31. The number of aryl methyl sites for hydroxylation is 1. The van der Waals surface area contributed by atoms with Gasteiger partial charge in [0.2, 0.25) is 0 Å². The average molecular weight is 235 g/mol. The van der Waals surface area contributed by atoms with Crippen LogP contribution < -0.4 is 5.32 Å². The van der Waals surface area contributed by atoms with E-state index < -0.39 is 0 Å². The fraction of sp³-hybridized carbons (Fsp3) is 0.600. The van der Waals surface area contributed by atoms with Gasteiger partial charge in [0.25, 0.3) is 0 Å². The highest BCUT2D eigenvalue weighted by Gasteiger charge is 2.14. The van der Waals surface area contributed by atoms with Gasteiger partial charge in [-0.15, -0.1) is 0 Å². The molecule has 0 aliphatic rings. The Kier molecular flexibility index (Phi) is 5.66. The van der Waals surface area contributed by atoms with Crippen LogP contribution in [-0.4, -0.2) is 18.8 Å². The molecule has 96 valence electrons. The van der Waals surface area contributed by atoms with Crippen LogP contribution in [0.2, 0.25) is 0 Å². The minimum Gasteiger partial charge on any atom is -0.374 e. The number of nitrogens with one attached hydrogen (secondary N) is 1. The first-order valence-electron chi connectivity index (χ1n) is 6.44. The summed E-state index contributed by atoms with van der Waals surface area (Å²) >= 11 is 0. The van der Waals surface area contributed by atoms with Crippen LogP contribution in [0, 0.1) is 6.92 Å². The van der Waals surface area contributed by atoms with E-state index in [4.69, 9.17) is 4.74 Å². The minimum atomic E-state index is 0.00550. The van der Waals surface area contributed by atoms with Crippen LogP contribution in [0.3, 0.4) is 0 Å². The van der Waals surface area contributed by atoms with Gasteiger partial charge in [-0.2, -0.15) is 0 Å². The van der Waals surface area contributed by atoms with Crippen molar-refractivity contribution in [2.45, 2.75) is 46.3 Å². The van der Waals surface area contributed by atoms with Crippen LogP contribution >= 0.6 is 0 Å². The van der Waals surface area contributed by atoms with Crippen molar-refractivity contribution in [2.24, 2.45) is 0 Å². The molecule has 17 heavy (non-hydrogen) atoms. The summed E-state index contributed by atoms with van der Waals surface area (Å²) in [5.74, 6) is 0. The molecule has 0 aromatic heterocycles. The van der Waals surface area contributed by atoms with Gasteiger partial charge in [-0.25, -0.2) is 0 Å². The van der Waals surface area contributed by atoms with Crippen molar-refractivity contribution in [2.75, 3.05) is 13.2 Å². The maximum atomic E-state index is 5.77. The maximum absolute atomic E-state index is 5.77. The van der Waals surface area contributed by atoms with Gasteiger partial charge in [0.15, 0.2) is 0 Å². The van der Waals surface area contributed by atoms with E-state index in [0.29, 0.717) is 0 Å². The zero-order chi connectivity index (χ0) is 12.7. The predicted octanol–water partition coefficient (Wildman–Crippen LogP) is 3.29. The SMILES string of the molecule is CCC(C)(C)OCCNCc1ccc(C)cc1. The van der Waals surface area contributed by atoms with Gasteiger partial charge in [0.05, 0.1) is 12.2 Å². The Morgan fingerprint density at radius 1 is 1.18 bits per heavy atom. The molecule has 0 saturated carbocycles. The van der Waals surface area contributed by atoms with Crippen LogP contribution in [0.4, 0.5) is 0 Å².